The molecule has 2 heterocycles. The van der Waals surface area contributed by atoms with Crippen molar-refractivity contribution >= 4 is 65.2 Å². The average molecular weight is 526 g/mol. The molecule has 0 aliphatic rings. The molecular weight excluding hydrogens is 488 g/mol. The maximum absolute atomic E-state index is 9.39. The third-order valence-corrected chi connectivity index (χ3v) is 7.22. The number of furan rings is 2. The summed E-state index contributed by atoms with van der Waals surface area (Å²) in [6.45, 7) is 0. The highest BCUT2D eigenvalue weighted by molar-refractivity contribution is 6.24. The van der Waals surface area contributed by atoms with Gasteiger partial charge < -0.3 is 8.83 Å². The first kappa shape index (κ1) is 11.8. The van der Waals surface area contributed by atoms with Gasteiger partial charge in [-0.2, -0.15) is 0 Å². The van der Waals surface area contributed by atoms with Crippen LogP contribution in [0.4, 0.5) is 0 Å². The average Bonchev–Trinajstić information content (AvgIpc) is 3.79. The summed E-state index contributed by atoms with van der Waals surface area (Å²) in [6, 6.07) is 0.197. The Labute approximate surface area is 250 Å². The SMILES string of the molecule is [2H]c1c([2H])c([2H])c2c([2H])c(-c3c4c([2H])c([2H])c([2H])c([2H])c4c(-c4cccc5c4oc4cc6occc6cc45)c4c([2H])c([2H])c([2H])c([2H])c34)c([2H])c([2H])c2c1[2H]. The van der Waals surface area contributed by atoms with E-state index in [4.69, 9.17) is 21.2 Å². The molecule has 0 saturated heterocycles. The van der Waals surface area contributed by atoms with E-state index in [-0.39, 0.29) is 43.8 Å². The first-order chi connectivity index (χ1) is 26.1. The molecule has 0 atom stereocenters. The molecule has 2 aromatic heterocycles. The maximum Gasteiger partial charge on any atom is 0.143 e. The van der Waals surface area contributed by atoms with Gasteiger partial charge in [0.25, 0.3) is 0 Å². The van der Waals surface area contributed by atoms with Crippen molar-refractivity contribution in [3.63, 3.8) is 0 Å². The summed E-state index contributed by atoms with van der Waals surface area (Å²) in [5, 5.41) is 0.107. The van der Waals surface area contributed by atoms with Gasteiger partial charge in [-0.1, -0.05) is 103 Å². The zero-order valence-electron chi connectivity index (χ0n) is 35.4. The zero-order valence-corrected chi connectivity index (χ0v) is 20.4. The Morgan fingerprint density at radius 1 is 0.525 bits per heavy atom. The maximum atomic E-state index is 9.39. The summed E-state index contributed by atoms with van der Waals surface area (Å²) in [5.74, 6) is 0. The summed E-state index contributed by atoms with van der Waals surface area (Å²) in [5.41, 5.74) is 0.480. The van der Waals surface area contributed by atoms with Crippen LogP contribution in [0.5, 0.6) is 0 Å². The van der Waals surface area contributed by atoms with Gasteiger partial charge in [0, 0.05) is 33.4 Å². The van der Waals surface area contributed by atoms with Crippen LogP contribution < -0.4 is 0 Å². The summed E-state index contributed by atoms with van der Waals surface area (Å²) in [4.78, 5) is 0. The predicted octanol–water partition coefficient (Wildman–Crippen LogP) is 11.1. The van der Waals surface area contributed by atoms with E-state index < -0.39 is 107 Å². The minimum absolute atomic E-state index is 0.0343. The third-order valence-electron chi connectivity index (χ3n) is 7.22. The predicted molar refractivity (Wildman–Crippen MR) is 167 cm³/mol. The topological polar surface area (TPSA) is 26.3 Å². The van der Waals surface area contributed by atoms with E-state index in [0.29, 0.717) is 21.9 Å². The first-order valence-electron chi connectivity index (χ1n) is 19.9. The van der Waals surface area contributed by atoms with Crippen molar-refractivity contribution in [3.05, 3.63) is 133 Å². The van der Waals surface area contributed by atoms with Crippen LogP contribution in [0.3, 0.4) is 0 Å². The van der Waals surface area contributed by atoms with Crippen LogP contribution in [0.2, 0.25) is 0 Å². The molecule has 40 heavy (non-hydrogen) atoms. The molecule has 0 aliphatic heterocycles. The second-order valence-corrected chi connectivity index (χ2v) is 9.34. The normalized spacial score (nSPS) is 17.2. The van der Waals surface area contributed by atoms with Crippen molar-refractivity contribution in [2.75, 3.05) is 0 Å². The van der Waals surface area contributed by atoms with E-state index in [0.717, 1.165) is 5.39 Å². The smallest absolute Gasteiger partial charge is 0.143 e. The van der Waals surface area contributed by atoms with E-state index in [1.165, 1.54) is 6.26 Å². The van der Waals surface area contributed by atoms with Crippen LogP contribution in [0, 0.1) is 0 Å². The molecular formula is C38H22O2. The molecule has 0 fully saturated rings. The number of hydrogen-bond donors (Lipinski definition) is 0. The summed E-state index contributed by atoms with van der Waals surface area (Å²) in [6.07, 6.45) is 1.54. The van der Waals surface area contributed by atoms with Gasteiger partial charge in [0.2, 0.25) is 0 Å². The molecule has 2 heteroatoms. The number of hydrogen-bond acceptors (Lipinski definition) is 2. The third kappa shape index (κ3) is 2.99. The lowest BCUT2D eigenvalue weighted by Crippen LogP contribution is -1.91. The van der Waals surface area contributed by atoms with Gasteiger partial charge >= 0.3 is 0 Å². The Kier molecular flexibility index (Phi) is 2.39. The van der Waals surface area contributed by atoms with Gasteiger partial charge in [-0.15, -0.1) is 0 Å². The number of para-hydroxylation sites is 1. The molecule has 0 bridgehead atoms. The zero-order chi connectivity index (χ0) is 39.3. The second-order valence-electron chi connectivity index (χ2n) is 9.34. The highest BCUT2D eigenvalue weighted by Crippen LogP contribution is 2.47. The van der Waals surface area contributed by atoms with Crippen LogP contribution in [0.25, 0.3) is 87.5 Å². The standard InChI is InChI=1S/C38H22O2/c1-2-9-24-20-26(17-16-23(24)8-1)36-27-10-3-5-12-29(27)37(30-13-6-4-11-28(30)36)32-15-7-14-31-33-21-25-18-19-39-34(25)22-35(33)40-38(31)32/h1-22H/i1D,2D,3D,4D,5D,6D,8D,9D,10D,11D,12D,13D,16D,17D,20D. The summed E-state index contributed by atoms with van der Waals surface area (Å²) in [7, 11) is 0. The Morgan fingerprint density at radius 3 is 2.00 bits per heavy atom. The molecule has 2 nitrogen and oxygen atoms in total. The highest BCUT2D eigenvalue weighted by atomic mass is 16.3. The minimum atomic E-state index is -0.749. The lowest BCUT2D eigenvalue weighted by molar-refractivity contribution is 0.613. The Hall–Kier alpha value is -5.34. The fourth-order valence-corrected chi connectivity index (χ4v) is 5.50. The Morgan fingerprint density at radius 2 is 1.23 bits per heavy atom. The molecule has 186 valence electrons. The summed E-state index contributed by atoms with van der Waals surface area (Å²) >= 11 is 0. The van der Waals surface area contributed by atoms with Crippen LogP contribution in [0.1, 0.15) is 20.6 Å². The molecule has 0 radical (unpaired) electrons. The van der Waals surface area contributed by atoms with E-state index in [2.05, 4.69) is 0 Å². The number of benzene rings is 7. The van der Waals surface area contributed by atoms with Crippen molar-refractivity contribution in [2.45, 2.75) is 0 Å². The van der Waals surface area contributed by atoms with E-state index >= 15 is 0 Å². The monoisotopic (exact) mass is 525 g/mol. The molecule has 0 spiro atoms. The quantitative estimate of drug-likeness (QED) is 0.210. The van der Waals surface area contributed by atoms with Crippen LogP contribution in [-0.2, 0) is 0 Å². The number of fused-ring (bicyclic) bond motifs is 7. The Balaban J connectivity index is 1.60. The molecule has 0 saturated carbocycles. The summed E-state index contributed by atoms with van der Waals surface area (Å²) < 4.78 is 145. The molecule has 9 aromatic rings. The fraction of sp³-hybridized carbons (Fsp3) is 0. The Bertz CT molecular complexity index is 3190. The van der Waals surface area contributed by atoms with Gasteiger partial charge in [0.15, 0.2) is 0 Å². The van der Waals surface area contributed by atoms with Gasteiger partial charge in [0.1, 0.15) is 16.7 Å². The lowest BCUT2D eigenvalue weighted by atomic mass is 9.85. The lowest BCUT2D eigenvalue weighted by Gasteiger charge is -2.18. The van der Waals surface area contributed by atoms with Crippen molar-refractivity contribution in [2.24, 2.45) is 0 Å². The fourth-order valence-electron chi connectivity index (χ4n) is 5.50. The van der Waals surface area contributed by atoms with Crippen molar-refractivity contribution in [3.8, 4) is 22.3 Å². The molecule has 9 rings (SSSR count). The molecule has 0 amide bonds. The van der Waals surface area contributed by atoms with Gasteiger partial charge in [-0.3, -0.25) is 0 Å². The van der Waals surface area contributed by atoms with Crippen molar-refractivity contribution < 1.29 is 29.4 Å². The van der Waals surface area contributed by atoms with Crippen molar-refractivity contribution in [1.29, 1.82) is 0 Å². The second kappa shape index (κ2) is 8.08. The molecule has 0 aliphatic carbocycles. The largest absolute Gasteiger partial charge is 0.464 e. The molecule has 0 unspecified atom stereocenters. The van der Waals surface area contributed by atoms with Crippen LogP contribution in [-0.4, -0.2) is 0 Å². The van der Waals surface area contributed by atoms with Gasteiger partial charge in [0.05, 0.1) is 26.8 Å². The van der Waals surface area contributed by atoms with Gasteiger partial charge in [-0.25, -0.2) is 0 Å². The van der Waals surface area contributed by atoms with Crippen molar-refractivity contribution in [1.82, 2.24) is 0 Å². The van der Waals surface area contributed by atoms with Crippen LogP contribution >= 0.6 is 0 Å². The molecule has 7 aromatic carbocycles. The highest BCUT2D eigenvalue weighted by Gasteiger charge is 2.20. The number of rotatable bonds is 2. The van der Waals surface area contributed by atoms with E-state index in [9.17, 15) is 8.22 Å². The first-order valence-corrected chi connectivity index (χ1v) is 12.4. The van der Waals surface area contributed by atoms with E-state index in [1.807, 2.05) is 6.07 Å². The van der Waals surface area contributed by atoms with Gasteiger partial charge in [-0.05, 0) is 61.6 Å². The van der Waals surface area contributed by atoms with Crippen LogP contribution in [0.15, 0.2) is 142 Å². The molecule has 0 N–H and O–H groups in total. The van der Waals surface area contributed by atoms with E-state index in [1.54, 1.807) is 30.3 Å². The minimum Gasteiger partial charge on any atom is -0.464 e.